The molecule has 0 aliphatic carbocycles. The molecule has 1 aromatic rings. The molecule has 4 heteroatoms. The smallest absolute Gasteiger partial charge is 0.211 e. The first-order valence-corrected chi connectivity index (χ1v) is 5.48. The molecule has 1 heterocycles. The molecule has 0 saturated heterocycles. The van der Waals surface area contributed by atoms with Crippen LogP contribution in [0.4, 0.5) is 4.39 Å². The van der Waals surface area contributed by atoms with E-state index in [0.29, 0.717) is 16.1 Å². The van der Waals surface area contributed by atoms with Gasteiger partial charge in [-0.1, -0.05) is 13.3 Å². The van der Waals surface area contributed by atoms with Crippen LogP contribution < -0.4 is 4.74 Å². The van der Waals surface area contributed by atoms with Crippen molar-refractivity contribution in [2.45, 2.75) is 19.8 Å². The third kappa shape index (κ3) is 2.45. The number of hydrogen-bond acceptors (Lipinski definition) is 2. The molecule has 1 rings (SSSR count). The highest BCUT2D eigenvalue weighted by atomic mass is 79.9. The van der Waals surface area contributed by atoms with Crippen LogP contribution in [-0.2, 0) is 0 Å². The summed E-state index contributed by atoms with van der Waals surface area (Å²) in [6.07, 6.45) is 2.03. The van der Waals surface area contributed by atoms with Gasteiger partial charge in [0.15, 0.2) is 5.82 Å². The molecule has 1 nitrogen and oxygen atoms in total. The van der Waals surface area contributed by atoms with Gasteiger partial charge in [-0.15, -0.1) is 11.3 Å². The molecule has 12 heavy (non-hydrogen) atoms. The first kappa shape index (κ1) is 9.99. The van der Waals surface area contributed by atoms with Crippen molar-refractivity contribution >= 4 is 27.3 Å². The zero-order chi connectivity index (χ0) is 8.97. The molecule has 0 saturated carbocycles. The first-order chi connectivity index (χ1) is 5.75. The van der Waals surface area contributed by atoms with E-state index in [0.717, 1.165) is 12.8 Å². The van der Waals surface area contributed by atoms with E-state index < -0.39 is 0 Å². The Kier molecular flexibility index (Phi) is 4.01. The lowest BCUT2D eigenvalue weighted by Crippen LogP contribution is -1.95. The van der Waals surface area contributed by atoms with Crippen LogP contribution in [0.25, 0.3) is 0 Å². The Morgan fingerprint density at radius 1 is 1.67 bits per heavy atom. The van der Waals surface area contributed by atoms with Gasteiger partial charge < -0.3 is 4.74 Å². The maximum absolute atomic E-state index is 13.0. The molecule has 1 aromatic heterocycles. The second kappa shape index (κ2) is 4.82. The van der Waals surface area contributed by atoms with Crippen LogP contribution >= 0.6 is 27.3 Å². The van der Waals surface area contributed by atoms with Gasteiger partial charge in [-0.3, -0.25) is 0 Å². The molecule has 0 fully saturated rings. The molecule has 0 amide bonds. The van der Waals surface area contributed by atoms with Crippen molar-refractivity contribution in [1.29, 1.82) is 0 Å². The molecule has 0 aliphatic rings. The highest BCUT2D eigenvalue weighted by molar-refractivity contribution is 9.10. The average Bonchev–Trinajstić information content (AvgIpc) is 2.36. The quantitative estimate of drug-likeness (QED) is 0.741. The summed E-state index contributed by atoms with van der Waals surface area (Å²) in [6, 6.07) is 0. The molecule has 0 aromatic carbocycles. The van der Waals surface area contributed by atoms with Crippen LogP contribution in [-0.4, -0.2) is 6.61 Å². The lowest BCUT2D eigenvalue weighted by molar-refractivity contribution is 0.304. The predicted octanol–water partition coefficient (Wildman–Crippen LogP) is 3.83. The fourth-order valence-electron chi connectivity index (χ4n) is 0.713. The molecule has 0 atom stereocenters. The summed E-state index contributed by atoms with van der Waals surface area (Å²) in [5.74, 6) is -0.281. The number of hydrogen-bond donors (Lipinski definition) is 0. The number of unbranched alkanes of at least 4 members (excludes halogenated alkanes) is 1. The van der Waals surface area contributed by atoms with E-state index in [-0.39, 0.29) is 5.82 Å². The minimum Gasteiger partial charge on any atom is -0.482 e. The number of thiophene rings is 1. The molecular weight excluding hydrogens is 243 g/mol. The van der Waals surface area contributed by atoms with E-state index >= 15 is 0 Å². The van der Waals surface area contributed by atoms with E-state index in [9.17, 15) is 4.39 Å². The SMILES string of the molecule is CCCCOc1scc(Br)c1F. The molecule has 0 bridgehead atoms. The lowest BCUT2D eigenvalue weighted by Gasteiger charge is -2.00. The second-order valence-corrected chi connectivity index (χ2v) is 4.08. The molecule has 0 radical (unpaired) electrons. The second-order valence-electron chi connectivity index (χ2n) is 2.39. The van der Waals surface area contributed by atoms with E-state index in [2.05, 4.69) is 22.9 Å². The Bertz CT molecular complexity index is 249. The summed E-state index contributed by atoms with van der Waals surface area (Å²) < 4.78 is 18.7. The maximum atomic E-state index is 13.0. The van der Waals surface area contributed by atoms with Crippen molar-refractivity contribution in [1.82, 2.24) is 0 Å². The minimum atomic E-state index is -0.281. The Morgan fingerprint density at radius 2 is 2.42 bits per heavy atom. The van der Waals surface area contributed by atoms with Crippen molar-refractivity contribution in [2.75, 3.05) is 6.61 Å². The Balaban J connectivity index is 2.46. The summed E-state index contributed by atoms with van der Waals surface area (Å²) >= 11 is 4.36. The van der Waals surface area contributed by atoms with Crippen LogP contribution in [0.5, 0.6) is 5.06 Å². The maximum Gasteiger partial charge on any atom is 0.211 e. The van der Waals surface area contributed by atoms with Crippen LogP contribution in [0.3, 0.4) is 0 Å². The van der Waals surface area contributed by atoms with Crippen LogP contribution in [0.2, 0.25) is 0 Å². The van der Waals surface area contributed by atoms with Gasteiger partial charge in [0.2, 0.25) is 5.06 Å². The van der Waals surface area contributed by atoms with Crippen molar-refractivity contribution < 1.29 is 9.13 Å². The molecule has 0 unspecified atom stereocenters. The minimum absolute atomic E-state index is 0.281. The van der Waals surface area contributed by atoms with Crippen molar-refractivity contribution in [2.24, 2.45) is 0 Å². The molecule has 0 aliphatic heterocycles. The Hall–Kier alpha value is -0.0900. The molecular formula is C8H10BrFOS. The summed E-state index contributed by atoms with van der Waals surface area (Å²) in [7, 11) is 0. The van der Waals surface area contributed by atoms with E-state index in [4.69, 9.17) is 4.74 Å². The lowest BCUT2D eigenvalue weighted by atomic mass is 10.4. The highest BCUT2D eigenvalue weighted by Gasteiger charge is 2.09. The van der Waals surface area contributed by atoms with Crippen LogP contribution in [0.15, 0.2) is 9.85 Å². The van der Waals surface area contributed by atoms with Gasteiger partial charge in [-0.05, 0) is 22.4 Å². The first-order valence-electron chi connectivity index (χ1n) is 3.81. The third-order valence-electron chi connectivity index (χ3n) is 1.39. The number of halogens is 2. The fourth-order valence-corrected chi connectivity index (χ4v) is 1.98. The number of rotatable bonds is 4. The van der Waals surface area contributed by atoms with Crippen molar-refractivity contribution in [3.05, 3.63) is 15.7 Å². The highest BCUT2D eigenvalue weighted by Crippen LogP contribution is 2.32. The standard InChI is InChI=1S/C8H10BrFOS/c1-2-3-4-11-8-7(10)6(9)5-12-8/h5H,2-4H2,1H3. The van der Waals surface area contributed by atoms with Gasteiger partial charge in [-0.25, -0.2) is 4.39 Å². The molecule has 0 spiro atoms. The number of ether oxygens (including phenoxy) is 1. The summed E-state index contributed by atoms with van der Waals surface area (Å²) in [4.78, 5) is 0. The predicted molar refractivity (Wildman–Crippen MR) is 52.4 cm³/mol. The fraction of sp³-hybridized carbons (Fsp3) is 0.500. The summed E-state index contributed by atoms with van der Waals surface area (Å²) in [5, 5.41) is 2.08. The van der Waals surface area contributed by atoms with Gasteiger partial charge in [0.1, 0.15) is 0 Å². The van der Waals surface area contributed by atoms with Gasteiger partial charge in [-0.2, -0.15) is 0 Å². The average molecular weight is 253 g/mol. The van der Waals surface area contributed by atoms with E-state index in [1.807, 2.05) is 0 Å². The monoisotopic (exact) mass is 252 g/mol. The van der Waals surface area contributed by atoms with Gasteiger partial charge in [0.05, 0.1) is 11.1 Å². The van der Waals surface area contributed by atoms with Crippen LogP contribution in [0, 0.1) is 5.82 Å². The Morgan fingerprint density at radius 3 is 2.92 bits per heavy atom. The normalized spacial score (nSPS) is 10.2. The summed E-state index contributed by atoms with van der Waals surface area (Å²) in [5.41, 5.74) is 0. The van der Waals surface area contributed by atoms with Crippen molar-refractivity contribution in [3.63, 3.8) is 0 Å². The van der Waals surface area contributed by atoms with Crippen LogP contribution in [0.1, 0.15) is 19.8 Å². The Labute approximate surface area is 83.7 Å². The summed E-state index contributed by atoms with van der Waals surface area (Å²) in [6.45, 7) is 2.67. The van der Waals surface area contributed by atoms with E-state index in [1.54, 1.807) is 5.38 Å². The van der Waals surface area contributed by atoms with Gasteiger partial charge in [0, 0.05) is 5.38 Å². The largest absolute Gasteiger partial charge is 0.482 e. The third-order valence-corrected chi connectivity index (χ3v) is 3.13. The topological polar surface area (TPSA) is 9.23 Å². The molecule has 0 N–H and O–H groups in total. The van der Waals surface area contributed by atoms with Crippen molar-refractivity contribution in [3.8, 4) is 5.06 Å². The van der Waals surface area contributed by atoms with E-state index in [1.165, 1.54) is 11.3 Å². The van der Waals surface area contributed by atoms with Gasteiger partial charge >= 0.3 is 0 Å². The molecule has 68 valence electrons. The zero-order valence-corrected chi connectivity index (χ0v) is 9.17. The van der Waals surface area contributed by atoms with Gasteiger partial charge in [0.25, 0.3) is 0 Å². The zero-order valence-electron chi connectivity index (χ0n) is 6.77.